The quantitative estimate of drug-likeness (QED) is 0.711. The van der Waals surface area contributed by atoms with Crippen LogP contribution in [0.15, 0.2) is 24.3 Å². The van der Waals surface area contributed by atoms with Gasteiger partial charge in [-0.1, -0.05) is 44.7 Å². The van der Waals surface area contributed by atoms with E-state index in [0.29, 0.717) is 17.2 Å². The average molecular weight is 371 g/mol. The maximum atomic E-state index is 12.6. The molecule has 27 heavy (non-hydrogen) atoms. The van der Waals surface area contributed by atoms with Crippen molar-refractivity contribution in [1.82, 2.24) is 10.6 Å². The molecule has 0 saturated heterocycles. The van der Waals surface area contributed by atoms with E-state index in [4.69, 9.17) is 0 Å². The predicted octanol–water partition coefficient (Wildman–Crippen LogP) is 2.99. The number of anilines is 1. The third-order valence-electron chi connectivity index (χ3n) is 5.74. The second-order valence-electron chi connectivity index (χ2n) is 7.80. The van der Waals surface area contributed by atoms with Crippen LogP contribution in [0, 0.1) is 5.92 Å². The van der Waals surface area contributed by atoms with Gasteiger partial charge in [0.25, 0.3) is 5.91 Å². The van der Waals surface area contributed by atoms with Crippen molar-refractivity contribution in [3.05, 3.63) is 29.8 Å². The Morgan fingerprint density at radius 2 is 1.52 bits per heavy atom. The molecule has 2 aliphatic rings. The normalized spacial score (nSPS) is 22.9. The SMILES string of the molecule is C[C@H]1CCCC[C@H]1NC(=O)C(=O)Nc1ccccc1C(=O)NC1CCCC1. The number of carbonyl (C=O) groups is 3. The van der Waals surface area contributed by atoms with Crippen LogP contribution < -0.4 is 16.0 Å². The molecule has 0 heterocycles. The lowest BCUT2D eigenvalue weighted by molar-refractivity contribution is -0.137. The van der Waals surface area contributed by atoms with E-state index >= 15 is 0 Å². The standard InChI is InChI=1S/C21H29N3O3/c1-14-8-2-6-12-17(14)23-20(26)21(27)24-18-13-7-5-11-16(18)19(25)22-15-9-3-4-10-15/h5,7,11,13-15,17H,2-4,6,8-10,12H2,1H3,(H,22,25)(H,23,26)(H,24,27)/t14-,17+/m0/s1. The first-order chi connectivity index (χ1) is 13.0. The fraction of sp³-hybridized carbons (Fsp3) is 0.571. The lowest BCUT2D eigenvalue weighted by Crippen LogP contribution is -2.46. The molecule has 6 heteroatoms. The summed E-state index contributed by atoms with van der Waals surface area (Å²) in [5, 5.41) is 8.47. The molecule has 2 fully saturated rings. The van der Waals surface area contributed by atoms with Gasteiger partial charge < -0.3 is 16.0 Å². The molecule has 0 unspecified atom stereocenters. The van der Waals surface area contributed by atoms with E-state index < -0.39 is 11.8 Å². The van der Waals surface area contributed by atoms with Gasteiger partial charge >= 0.3 is 11.8 Å². The van der Waals surface area contributed by atoms with Crippen molar-refractivity contribution in [2.24, 2.45) is 5.92 Å². The Hall–Kier alpha value is -2.37. The summed E-state index contributed by atoms with van der Waals surface area (Å²) in [6.45, 7) is 2.10. The minimum atomic E-state index is -0.728. The van der Waals surface area contributed by atoms with Crippen molar-refractivity contribution in [2.75, 3.05) is 5.32 Å². The fourth-order valence-electron chi connectivity index (χ4n) is 4.07. The molecule has 0 bridgehead atoms. The van der Waals surface area contributed by atoms with E-state index in [1.807, 2.05) is 0 Å². The summed E-state index contributed by atoms with van der Waals surface area (Å²) in [5.74, 6) is -1.20. The van der Waals surface area contributed by atoms with Crippen LogP contribution in [0.5, 0.6) is 0 Å². The molecule has 1 aromatic carbocycles. The number of amides is 3. The first-order valence-corrected chi connectivity index (χ1v) is 10.1. The maximum absolute atomic E-state index is 12.6. The van der Waals surface area contributed by atoms with E-state index in [2.05, 4.69) is 22.9 Å². The monoisotopic (exact) mass is 371 g/mol. The molecule has 6 nitrogen and oxygen atoms in total. The van der Waals surface area contributed by atoms with Gasteiger partial charge in [-0.25, -0.2) is 0 Å². The zero-order chi connectivity index (χ0) is 19.2. The summed E-state index contributed by atoms with van der Waals surface area (Å²) in [5.41, 5.74) is 0.751. The van der Waals surface area contributed by atoms with Crippen molar-refractivity contribution in [3.63, 3.8) is 0 Å². The topological polar surface area (TPSA) is 87.3 Å². The third kappa shape index (κ3) is 5.08. The van der Waals surface area contributed by atoms with Crippen LogP contribution >= 0.6 is 0 Å². The highest BCUT2D eigenvalue weighted by atomic mass is 16.2. The molecule has 2 saturated carbocycles. The molecule has 0 radical (unpaired) electrons. The second-order valence-corrected chi connectivity index (χ2v) is 7.80. The lowest BCUT2D eigenvalue weighted by atomic mass is 9.86. The average Bonchev–Trinajstić information content (AvgIpc) is 3.17. The van der Waals surface area contributed by atoms with Crippen molar-refractivity contribution in [3.8, 4) is 0 Å². The van der Waals surface area contributed by atoms with Crippen molar-refractivity contribution in [1.29, 1.82) is 0 Å². The molecule has 3 N–H and O–H groups in total. The number of benzene rings is 1. The van der Waals surface area contributed by atoms with Gasteiger partial charge in [0.2, 0.25) is 0 Å². The van der Waals surface area contributed by atoms with Gasteiger partial charge in [0, 0.05) is 12.1 Å². The Morgan fingerprint density at radius 1 is 0.852 bits per heavy atom. The highest BCUT2D eigenvalue weighted by Gasteiger charge is 2.26. The lowest BCUT2D eigenvalue weighted by Gasteiger charge is -2.29. The molecule has 0 spiro atoms. The number of hydrogen-bond donors (Lipinski definition) is 3. The van der Waals surface area contributed by atoms with E-state index in [0.717, 1.165) is 44.9 Å². The molecule has 146 valence electrons. The summed E-state index contributed by atoms with van der Waals surface area (Å²) in [7, 11) is 0. The zero-order valence-corrected chi connectivity index (χ0v) is 15.9. The Morgan fingerprint density at radius 3 is 2.26 bits per heavy atom. The first-order valence-electron chi connectivity index (χ1n) is 10.1. The van der Waals surface area contributed by atoms with Gasteiger partial charge in [0.05, 0.1) is 11.3 Å². The number of para-hydroxylation sites is 1. The van der Waals surface area contributed by atoms with Crippen LogP contribution in [0.2, 0.25) is 0 Å². The van der Waals surface area contributed by atoms with Gasteiger partial charge in [-0.05, 0) is 43.7 Å². The summed E-state index contributed by atoms with van der Waals surface area (Å²) < 4.78 is 0. The van der Waals surface area contributed by atoms with Gasteiger partial charge in [0.15, 0.2) is 0 Å². The minimum Gasteiger partial charge on any atom is -0.349 e. The van der Waals surface area contributed by atoms with Crippen LogP contribution in [-0.4, -0.2) is 29.8 Å². The number of nitrogens with one attached hydrogen (secondary N) is 3. The van der Waals surface area contributed by atoms with Gasteiger partial charge in [-0.3, -0.25) is 14.4 Å². The highest BCUT2D eigenvalue weighted by molar-refractivity contribution is 6.40. The highest BCUT2D eigenvalue weighted by Crippen LogP contribution is 2.24. The molecular formula is C21H29N3O3. The summed E-state index contributed by atoms with van der Waals surface area (Å²) in [6.07, 6.45) is 8.44. The number of rotatable bonds is 4. The Bertz CT molecular complexity index is 698. The van der Waals surface area contributed by atoms with Crippen molar-refractivity contribution in [2.45, 2.75) is 70.4 Å². The Balaban J connectivity index is 1.61. The van der Waals surface area contributed by atoms with E-state index in [1.54, 1.807) is 24.3 Å². The van der Waals surface area contributed by atoms with Crippen LogP contribution in [0.4, 0.5) is 5.69 Å². The van der Waals surface area contributed by atoms with Crippen LogP contribution in [-0.2, 0) is 9.59 Å². The smallest absolute Gasteiger partial charge is 0.313 e. The summed E-state index contributed by atoms with van der Waals surface area (Å²) >= 11 is 0. The predicted molar refractivity (Wildman–Crippen MR) is 104 cm³/mol. The third-order valence-corrected chi connectivity index (χ3v) is 5.74. The number of carbonyl (C=O) groups excluding carboxylic acids is 3. The van der Waals surface area contributed by atoms with Crippen molar-refractivity contribution < 1.29 is 14.4 Å². The fourth-order valence-corrected chi connectivity index (χ4v) is 4.07. The molecule has 3 amide bonds. The van der Waals surface area contributed by atoms with E-state index in [-0.39, 0.29) is 18.0 Å². The molecule has 1 aromatic rings. The first kappa shape index (κ1) is 19.4. The largest absolute Gasteiger partial charge is 0.349 e. The second kappa shape index (κ2) is 9.02. The zero-order valence-electron chi connectivity index (χ0n) is 15.9. The summed E-state index contributed by atoms with van der Waals surface area (Å²) in [4.78, 5) is 37.2. The van der Waals surface area contributed by atoms with Crippen LogP contribution in [0.25, 0.3) is 0 Å². The minimum absolute atomic E-state index is 0.0397. The summed E-state index contributed by atoms with van der Waals surface area (Å²) in [6, 6.07) is 7.04. The van der Waals surface area contributed by atoms with Gasteiger partial charge in [-0.2, -0.15) is 0 Å². The molecule has 0 aromatic heterocycles. The van der Waals surface area contributed by atoms with Gasteiger partial charge in [-0.15, -0.1) is 0 Å². The van der Waals surface area contributed by atoms with Crippen LogP contribution in [0.3, 0.4) is 0 Å². The molecule has 3 rings (SSSR count). The number of hydrogen-bond acceptors (Lipinski definition) is 3. The van der Waals surface area contributed by atoms with Gasteiger partial charge in [0.1, 0.15) is 0 Å². The van der Waals surface area contributed by atoms with Crippen molar-refractivity contribution >= 4 is 23.4 Å². The molecule has 0 aliphatic heterocycles. The molecular weight excluding hydrogens is 342 g/mol. The van der Waals surface area contributed by atoms with E-state index in [9.17, 15) is 14.4 Å². The Kier molecular flexibility index (Phi) is 6.48. The molecule has 2 aliphatic carbocycles. The van der Waals surface area contributed by atoms with Crippen LogP contribution in [0.1, 0.15) is 68.6 Å². The van der Waals surface area contributed by atoms with E-state index in [1.165, 1.54) is 6.42 Å². The maximum Gasteiger partial charge on any atom is 0.313 e. The Labute approximate surface area is 160 Å². The molecule has 2 atom stereocenters.